The average molecular weight is 305 g/mol. The van der Waals surface area contributed by atoms with Gasteiger partial charge in [0, 0.05) is 19.2 Å². The third-order valence-electron chi connectivity index (χ3n) is 3.69. The molecule has 2 heterocycles. The van der Waals surface area contributed by atoms with Crippen LogP contribution in [0.2, 0.25) is 0 Å². The molecular formula is C15H16FN3O3. The predicted molar refractivity (Wildman–Crippen MR) is 78.0 cm³/mol. The third kappa shape index (κ3) is 2.85. The van der Waals surface area contributed by atoms with Crippen LogP contribution < -0.4 is 5.56 Å². The number of fused-ring (bicyclic) bond motifs is 1. The van der Waals surface area contributed by atoms with Gasteiger partial charge in [-0.25, -0.2) is 9.37 Å². The van der Waals surface area contributed by atoms with E-state index in [0.29, 0.717) is 25.1 Å². The van der Waals surface area contributed by atoms with Crippen LogP contribution in [-0.2, 0) is 16.1 Å². The van der Waals surface area contributed by atoms with Gasteiger partial charge in [-0.2, -0.15) is 0 Å². The van der Waals surface area contributed by atoms with E-state index in [1.54, 1.807) is 4.90 Å². The first-order valence-electron chi connectivity index (χ1n) is 7.08. The van der Waals surface area contributed by atoms with Gasteiger partial charge in [0.15, 0.2) is 0 Å². The van der Waals surface area contributed by atoms with Crippen molar-refractivity contribution >= 4 is 16.8 Å². The van der Waals surface area contributed by atoms with Gasteiger partial charge in [0.2, 0.25) is 5.91 Å². The van der Waals surface area contributed by atoms with Crippen LogP contribution in [0.4, 0.5) is 4.39 Å². The number of carbonyl (C=O) groups is 1. The van der Waals surface area contributed by atoms with Crippen molar-refractivity contribution in [3.8, 4) is 0 Å². The number of hydrogen-bond acceptors (Lipinski definition) is 4. The van der Waals surface area contributed by atoms with Crippen molar-refractivity contribution in [3.05, 3.63) is 40.7 Å². The molecule has 0 aliphatic carbocycles. The van der Waals surface area contributed by atoms with E-state index in [-0.39, 0.29) is 29.6 Å². The summed E-state index contributed by atoms with van der Waals surface area (Å²) in [5.74, 6) is -0.601. The van der Waals surface area contributed by atoms with E-state index < -0.39 is 5.82 Å². The summed E-state index contributed by atoms with van der Waals surface area (Å²) in [6.45, 7) is 3.35. The Kier molecular flexibility index (Phi) is 3.89. The second-order valence-corrected chi connectivity index (χ2v) is 5.36. The van der Waals surface area contributed by atoms with Crippen molar-refractivity contribution < 1.29 is 13.9 Å². The largest absolute Gasteiger partial charge is 0.375 e. The number of nitrogens with zero attached hydrogens (tertiary/aromatic N) is 3. The molecule has 22 heavy (non-hydrogen) atoms. The first-order valence-corrected chi connectivity index (χ1v) is 7.08. The number of hydrogen-bond donors (Lipinski definition) is 0. The molecule has 2 aromatic rings. The Bertz CT molecular complexity index is 774. The molecule has 0 N–H and O–H groups in total. The number of benzene rings is 1. The second kappa shape index (κ2) is 5.84. The van der Waals surface area contributed by atoms with Crippen LogP contribution in [-0.4, -0.2) is 46.2 Å². The van der Waals surface area contributed by atoms with Gasteiger partial charge in [-0.3, -0.25) is 14.2 Å². The summed E-state index contributed by atoms with van der Waals surface area (Å²) in [6.07, 6.45) is 1.28. The van der Waals surface area contributed by atoms with Gasteiger partial charge in [0.25, 0.3) is 5.56 Å². The molecule has 1 amide bonds. The maximum atomic E-state index is 13.1. The molecule has 1 fully saturated rings. The number of morpholine rings is 1. The van der Waals surface area contributed by atoms with Crippen LogP contribution in [0.5, 0.6) is 0 Å². The predicted octanol–water partition coefficient (Wildman–Crippen LogP) is 0.783. The Morgan fingerprint density at radius 3 is 3.09 bits per heavy atom. The molecule has 0 saturated carbocycles. The van der Waals surface area contributed by atoms with E-state index in [1.165, 1.54) is 29.1 Å². The molecule has 116 valence electrons. The van der Waals surface area contributed by atoms with Crippen molar-refractivity contribution in [2.45, 2.75) is 19.6 Å². The third-order valence-corrected chi connectivity index (χ3v) is 3.69. The van der Waals surface area contributed by atoms with E-state index in [2.05, 4.69) is 4.98 Å². The molecule has 1 aliphatic rings. The highest BCUT2D eigenvalue weighted by molar-refractivity contribution is 5.79. The average Bonchev–Trinajstić information content (AvgIpc) is 2.50. The van der Waals surface area contributed by atoms with Gasteiger partial charge in [0.1, 0.15) is 12.4 Å². The molecule has 1 aromatic heterocycles. The molecule has 6 nitrogen and oxygen atoms in total. The van der Waals surface area contributed by atoms with Crippen LogP contribution >= 0.6 is 0 Å². The molecule has 7 heteroatoms. The number of aromatic nitrogens is 2. The Hall–Kier alpha value is -2.28. The molecule has 0 unspecified atom stereocenters. The fourth-order valence-electron chi connectivity index (χ4n) is 2.53. The van der Waals surface area contributed by atoms with E-state index in [9.17, 15) is 14.0 Å². The minimum Gasteiger partial charge on any atom is -0.375 e. The zero-order chi connectivity index (χ0) is 15.7. The fraction of sp³-hybridized carbons (Fsp3) is 0.400. The van der Waals surface area contributed by atoms with Crippen LogP contribution in [0.3, 0.4) is 0 Å². The first-order chi connectivity index (χ1) is 10.5. The Morgan fingerprint density at radius 2 is 2.32 bits per heavy atom. The maximum absolute atomic E-state index is 13.1. The zero-order valence-corrected chi connectivity index (χ0v) is 12.2. The molecule has 1 atom stereocenters. The number of halogens is 1. The smallest absolute Gasteiger partial charge is 0.261 e. The fourth-order valence-corrected chi connectivity index (χ4v) is 2.53. The standard InChI is InChI=1S/C15H16FN3O3/c1-10-7-18(4-5-22-10)14(20)8-19-9-17-13-6-11(16)2-3-12(13)15(19)21/h2-3,6,9-10H,4-5,7-8H2,1H3/t10-/m0/s1. The second-order valence-electron chi connectivity index (χ2n) is 5.36. The van der Waals surface area contributed by atoms with Crippen LogP contribution in [0, 0.1) is 5.82 Å². The molecule has 0 bridgehead atoms. The van der Waals surface area contributed by atoms with Crippen LogP contribution in [0.15, 0.2) is 29.3 Å². The number of ether oxygens (including phenoxy) is 1. The first kappa shape index (κ1) is 14.6. The SMILES string of the molecule is C[C@H]1CN(C(=O)Cn2cnc3cc(F)ccc3c2=O)CCO1. The highest BCUT2D eigenvalue weighted by atomic mass is 19.1. The van der Waals surface area contributed by atoms with Gasteiger partial charge >= 0.3 is 0 Å². The summed E-state index contributed by atoms with van der Waals surface area (Å²) in [5.41, 5.74) is -0.0617. The van der Waals surface area contributed by atoms with Crippen molar-refractivity contribution in [2.75, 3.05) is 19.7 Å². The lowest BCUT2D eigenvalue weighted by Gasteiger charge is -2.31. The van der Waals surface area contributed by atoms with E-state index >= 15 is 0 Å². The summed E-state index contributed by atoms with van der Waals surface area (Å²) >= 11 is 0. The molecule has 1 saturated heterocycles. The van der Waals surface area contributed by atoms with Crippen LogP contribution in [0.25, 0.3) is 10.9 Å². The summed E-state index contributed by atoms with van der Waals surface area (Å²) in [7, 11) is 0. The van der Waals surface area contributed by atoms with E-state index in [4.69, 9.17) is 4.74 Å². The lowest BCUT2D eigenvalue weighted by atomic mass is 10.2. The minimum atomic E-state index is -0.449. The lowest BCUT2D eigenvalue weighted by molar-refractivity contribution is -0.138. The van der Waals surface area contributed by atoms with Gasteiger partial charge in [-0.05, 0) is 19.1 Å². The van der Waals surface area contributed by atoms with Crippen molar-refractivity contribution in [2.24, 2.45) is 0 Å². The van der Waals surface area contributed by atoms with Gasteiger partial charge in [-0.15, -0.1) is 0 Å². The van der Waals surface area contributed by atoms with Crippen LogP contribution in [0.1, 0.15) is 6.92 Å². The molecule has 1 aliphatic heterocycles. The highest BCUT2D eigenvalue weighted by Crippen LogP contribution is 2.09. The Balaban J connectivity index is 1.84. The van der Waals surface area contributed by atoms with Gasteiger partial charge in [-0.1, -0.05) is 0 Å². The van der Waals surface area contributed by atoms with E-state index in [0.717, 1.165) is 0 Å². The minimum absolute atomic E-state index is 0.00729. The monoisotopic (exact) mass is 305 g/mol. The van der Waals surface area contributed by atoms with E-state index in [1.807, 2.05) is 6.92 Å². The Morgan fingerprint density at radius 1 is 1.50 bits per heavy atom. The quantitative estimate of drug-likeness (QED) is 0.822. The Labute approximate surface area is 126 Å². The summed E-state index contributed by atoms with van der Waals surface area (Å²) in [6, 6.07) is 3.80. The highest BCUT2D eigenvalue weighted by Gasteiger charge is 2.22. The normalized spacial score (nSPS) is 18.6. The summed E-state index contributed by atoms with van der Waals surface area (Å²) in [5, 5.41) is 0.298. The number of carbonyl (C=O) groups excluding carboxylic acids is 1. The lowest BCUT2D eigenvalue weighted by Crippen LogP contribution is -2.46. The molecular weight excluding hydrogens is 289 g/mol. The zero-order valence-electron chi connectivity index (χ0n) is 12.2. The van der Waals surface area contributed by atoms with Crippen molar-refractivity contribution in [1.82, 2.24) is 14.5 Å². The molecule has 1 aromatic carbocycles. The molecule has 0 radical (unpaired) electrons. The molecule has 3 rings (SSSR count). The number of amides is 1. The van der Waals surface area contributed by atoms with Gasteiger partial charge < -0.3 is 9.64 Å². The van der Waals surface area contributed by atoms with Crippen molar-refractivity contribution in [1.29, 1.82) is 0 Å². The maximum Gasteiger partial charge on any atom is 0.261 e. The number of rotatable bonds is 2. The summed E-state index contributed by atoms with van der Waals surface area (Å²) < 4.78 is 19.8. The van der Waals surface area contributed by atoms with Crippen molar-refractivity contribution in [3.63, 3.8) is 0 Å². The molecule has 0 spiro atoms. The van der Waals surface area contributed by atoms with Gasteiger partial charge in [0.05, 0.1) is 29.9 Å². The summed E-state index contributed by atoms with van der Waals surface area (Å²) in [4.78, 5) is 30.3. The topological polar surface area (TPSA) is 64.4 Å².